The first kappa shape index (κ1) is 19.2. The van der Waals surface area contributed by atoms with E-state index in [9.17, 15) is 13.2 Å². The molecule has 0 aliphatic carbocycles. The van der Waals surface area contributed by atoms with Crippen molar-refractivity contribution in [3.8, 4) is 5.75 Å². The Bertz CT molecular complexity index is 954. The third kappa shape index (κ3) is 4.42. The van der Waals surface area contributed by atoms with Crippen molar-refractivity contribution in [2.45, 2.75) is 44.6 Å². The number of benzene rings is 2. The molecule has 0 atom stereocenters. The summed E-state index contributed by atoms with van der Waals surface area (Å²) in [4.78, 5) is 13.6. The van der Waals surface area contributed by atoms with E-state index in [4.69, 9.17) is 4.74 Å². The average molecular weight is 388 g/mol. The highest BCUT2D eigenvalue weighted by atomic mass is 32.2. The predicted octanol–water partition coefficient (Wildman–Crippen LogP) is 3.57. The minimum Gasteiger partial charge on any atom is -0.491 e. The van der Waals surface area contributed by atoms with Gasteiger partial charge in [-0.15, -0.1) is 0 Å². The predicted molar refractivity (Wildman–Crippen MR) is 106 cm³/mol. The number of hydrogen-bond acceptors (Lipinski definition) is 4. The molecule has 0 unspecified atom stereocenters. The van der Waals surface area contributed by atoms with Crippen LogP contribution in [0.5, 0.6) is 5.75 Å². The Balaban J connectivity index is 1.87. The summed E-state index contributed by atoms with van der Waals surface area (Å²) in [7, 11) is -3.74. The highest BCUT2D eigenvalue weighted by Crippen LogP contribution is 2.30. The first-order valence-corrected chi connectivity index (χ1v) is 10.4. The zero-order valence-corrected chi connectivity index (χ0v) is 16.5. The number of carbonyl (C=O) groups excluding carboxylic acids is 1. The Morgan fingerprint density at radius 3 is 2.67 bits per heavy atom. The summed E-state index contributed by atoms with van der Waals surface area (Å²) < 4.78 is 33.8. The monoisotopic (exact) mass is 388 g/mol. The summed E-state index contributed by atoms with van der Waals surface area (Å²) in [5, 5.41) is 0. The number of rotatable bonds is 5. The molecule has 144 valence electrons. The van der Waals surface area contributed by atoms with E-state index in [1.807, 2.05) is 13.8 Å². The van der Waals surface area contributed by atoms with Crippen molar-refractivity contribution in [2.75, 3.05) is 16.2 Å². The van der Waals surface area contributed by atoms with Crippen LogP contribution < -0.4 is 14.4 Å². The van der Waals surface area contributed by atoms with Crippen LogP contribution in [-0.2, 0) is 21.2 Å². The van der Waals surface area contributed by atoms with Crippen LogP contribution in [0.2, 0.25) is 0 Å². The van der Waals surface area contributed by atoms with Crippen LogP contribution in [-0.4, -0.2) is 27.0 Å². The Morgan fingerprint density at radius 2 is 1.96 bits per heavy atom. The number of ether oxygens (including phenoxy) is 1. The third-order valence-corrected chi connectivity index (χ3v) is 5.70. The summed E-state index contributed by atoms with van der Waals surface area (Å²) in [5.41, 5.74) is 2.10. The molecule has 0 saturated carbocycles. The molecule has 27 heavy (non-hydrogen) atoms. The lowest BCUT2D eigenvalue weighted by atomic mass is 10.0. The Labute approximate surface area is 160 Å². The highest BCUT2D eigenvalue weighted by molar-refractivity contribution is 7.92. The van der Waals surface area contributed by atoms with Gasteiger partial charge in [-0.1, -0.05) is 6.07 Å². The molecule has 1 amide bonds. The van der Waals surface area contributed by atoms with Gasteiger partial charge in [-0.2, -0.15) is 0 Å². The quantitative estimate of drug-likeness (QED) is 0.850. The molecule has 0 radical (unpaired) electrons. The summed E-state index contributed by atoms with van der Waals surface area (Å²) in [6.07, 6.45) is 1.57. The van der Waals surface area contributed by atoms with Crippen molar-refractivity contribution >= 4 is 27.3 Å². The summed E-state index contributed by atoms with van der Waals surface area (Å²) in [6.45, 7) is 6.01. The molecule has 0 aromatic heterocycles. The molecule has 1 heterocycles. The van der Waals surface area contributed by atoms with Crippen molar-refractivity contribution in [1.29, 1.82) is 0 Å². The van der Waals surface area contributed by atoms with Gasteiger partial charge >= 0.3 is 0 Å². The van der Waals surface area contributed by atoms with E-state index in [-0.39, 0.29) is 16.9 Å². The maximum atomic E-state index is 12.8. The molecule has 0 spiro atoms. The van der Waals surface area contributed by atoms with Gasteiger partial charge in [0.25, 0.3) is 10.0 Å². The van der Waals surface area contributed by atoms with Crippen molar-refractivity contribution in [1.82, 2.24) is 0 Å². The van der Waals surface area contributed by atoms with E-state index in [0.717, 1.165) is 24.1 Å². The molecule has 1 aliphatic rings. The molecular weight excluding hydrogens is 364 g/mol. The smallest absolute Gasteiger partial charge is 0.261 e. The van der Waals surface area contributed by atoms with Crippen molar-refractivity contribution < 1.29 is 17.9 Å². The second-order valence-corrected chi connectivity index (χ2v) is 8.55. The highest BCUT2D eigenvalue weighted by Gasteiger charge is 2.23. The minimum atomic E-state index is -3.74. The number of fused-ring (bicyclic) bond motifs is 1. The van der Waals surface area contributed by atoms with Crippen LogP contribution >= 0.6 is 0 Å². The summed E-state index contributed by atoms with van der Waals surface area (Å²) in [5.74, 6) is 0.569. The Morgan fingerprint density at radius 1 is 1.19 bits per heavy atom. The maximum absolute atomic E-state index is 12.8. The minimum absolute atomic E-state index is 0.00160. The lowest BCUT2D eigenvalue weighted by Crippen LogP contribution is -2.33. The molecule has 1 N–H and O–H groups in total. The number of carbonyl (C=O) groups is 1. The zero-order chi connectivity index (χ0) is 19.6. The molecule has 1 aliphatic heterocycles. The SMILES string of the molecule is CC(=O)N1CCCc2cc(S(=O)(=O)Nc3cccc(OC(C)C)c3)ccc21. The van der Waals surface area contributed by atoms with Gasteiger partial charge in [0.05, 0.1) is 16.7 Å². The first-order chi connectivity index (χ1) is 12.8. The van der Waals surface area contributed by atoms with Crippen LogP contribution in [0.15, 0.2) is 47.4 Å². The van der Waals surface area contributed by atoms with Gasteiger partial charge in [0.15, 0.2) is 0 Å². The topological polar surface area (TPSA) is 75.7 Å². The van der Waals surface area contributed by atoms with E-state index in [1.165, 1.54) is 13.0 Å². The van der Waals surface area contributed by atoms with Gasteiger partial charge in [-0.3, -0.25) is 9.52 Å². The standard InChI is InChI=1S/C20H24N2O4S/c1-14(2)26-18-8-4-7-17(13-18)21-27(24,25)19-9-10-20-16(12-19)6-5-11-22(20)15(3)23/h4,7-10,12-14,21H,5-6,11H2,1-3H3. The van der Waals surface area contributed by atoms with Crippen LogP contribution in [0.25, 0.3) is 0 Å². The largest absolute Gasteiger partial charge is 0.491 e. The van der Waals surface area contributed by atoms with E-state index < -0.39 is 10.0 Å². The fourth-order valence-electron chi connectivity index (χ4n) is 3.19. The van der Waals surface area contributed by atoms with E-state index in [1.54, 1.807) is 41.3 Å². The van der Waals surface area contributed by atoms with E-state index in [2.05, 4.69) is 4.72 Å². The lowest BCUT2D eigenvalue weighted by molar-refractivity contribution is -0.116. The summed E-state index contributed by atoms with van der Waals surface area (Å²) >= 11 is 0. The van der Waals surface area contributed by atoms with Crippen LogP contribution in [0.3, 0.4) is 0 Å². The summed E-state index contributed by atoms with van der Waals surface area (Å²) in [6, 6.07) is 11.8. The van der Waals surface area contributed by atoms with Crippen molar-refractivity contribution in [3.05, 3.63) is 48.0 Å². The Hall–Kier alpha value is -2.54. The normalized spacial score (nSPS) is 14.0. The van der Waals surface area contributed by atoms with E-state index in [0.29, 0.717) is 18.0 Å². The third-order valence-electron chi connectivity index (χ3n) is 4.32. The molecule has 7 heteroatoms. The fraction of sp³-hybridized carbons (Fsp3) is 0.350. The molecule has 3 rings (SSSR count). The number of anilines is 2. The second-order valence-electron chi connectivity index (χ2n) is 6.86. The number of nitrogens with one attached hydrogen (secondary N) is 1. The number of sulfonamides is 1. The van der Waals surface area contributed by atoms with Gasteiger partial charge in [-0.05, 0) is 62.6 Å². The molecule has 0 fully saturated rings. The van der Waals surface area contributed by atoms with Gasteiger partial charge in [-0.25, -0.2) is 8.42 Å². The number of hydrogen-bond donors (Lipinski definition) is 1. The second kappa shape index (κ2) is 7.60. The van der Waals surface area contributed by atoms with Gasteiger partial charge in [0, 0.05) is 25.2 Å². The molecule has 0 bridgehead atoms. The molecule has 2 aromatic carbocycles. The average Bonchev–Trinajstić information content (AvgIpc) is 2.60. The molecule has 2 aromatic rings. The maximum Gasteiger partial charge on any atom is 0.261 e. The Kier molecular flexibility index (Phi) is 5.41. The first-order valence-electron chi connectivity index (χ1n) is 8.97. The molecule has 0 saturated heterocycles. The van der Waals surface area contributed by atoms with Crippen molar-refractivity contribution in [3.63, 3.8) is 0 Å². The number of aryl methyl sites for hydroxylation is 1. The zero-order valence-electron chi connectivity index (χ0n) is 15.7. The lowest BCUT2D eigenvalue weighted by Gasteiger charge is -2.28. The number of nitrogens with zero attached hydrogens (tertiary/aromatic N) is 1. The van der Waals surface area contributed by atoms with Crippen LogP contribution in [0.4, 0.5) is 11.4 Å². The number of amides is 1. The van der Waals surface area contributed by atoms with Gasteiger partial charge in [0.2, 0.25) is 5.91 Å². The fourth-order valence-corrected chi connectivity index (χ4v) is 4.29. The van der Waals surface area contributed by atoms with Crippen LogP contribution in [0.1, 0.15) is 32.8 Å². The van der Waals surface area contributed by atoms with E-state index >= 15 is 0 Å². The molecular formula is C20H24N2O4S. The van der Waals surface area contributed by atoms with Crippen molar-refractivity contribution in [2.24, 2.45) is 0 Å². The van der Waals surface area contributed by atoms with Gasteiger partial charge in [0.1, 0.15) is 5.75 Å². The van der Waals surface area contributed by atoms with Crippen LogP contribution in [0, 0.1) is 0 Å². The van der Waals surface area contributed by atoms with Gasteiger partial charge < -0.3 is 9.64 Å². The molecule has 6 nitrogen and oxygen atoms in total.